The van der Waals surface area contributed by atoms with Gasteiger partial charge in [0.2, 0.25) is 5.88 Å². The Hall–Kier alpha value is -3.50. The molecule has 122 valence electrons. The van der Waals surface area contributed by atoms with Crippen molar-refractivity contribution >= 4 is 5.97 Å². The first-order chi connectivity index (χ1) is 11.5. The Labute approximate surface area is 137 Å². The summed E-state index contributed by atoms with van der Waals surface area (Å²) in [4.78, 5) is 10.8. The molecule has 7 heteroatoms. The number of aliphatic carboxylic acids is 1. The first kappa shape index (κ1) is 16.9. The van der Waals surface area contributed by atoms with Crippen molar-refractivity contribution in [2.75, 3.05) is 0 Å². The van der Waals surface area contributed by atoms with E-state index in [2.05, 4.69) is 17.3 Å². The summed E-state index contributed by atoms with van der Waals surface area (Å²) in [6.07, 6.45) is 0. The zero-order valence-electron chi connectivity index (χ0n) is 12.4. The zero-order valence-corrected chi connectivity index (χ0v) is 12.4. The molecule has 0 amide bonds. The van der Waals surface area contributed by atoms with Gasteiger partial charge in [-0.25, -0.2) is 15.0 Å². The summed E-state index contributed by atoms with van der Waals surface area (Å²) in [5.74, 6) is 9.39. The van der Waals surface area contributed by atoms with E-state index in [1.807, 2.05) is 0 Å². The molecule has 2 rings (SSSR count). The number of halogens is 1. The zero-order chi connectivity index (χ0) is 17.5. The molecule has 0 aliphatic rings. The lowest BCUT2D eigenvalue weighted by Gasteiger charge is -2.10. The van der Waals surface area contributed by atoms with Crippen molar-refractivity contribution in [1.29, 1.82) is 0 Å². The Morgan fingerprint density at radius 2 is 1.54 bits per heavy atom. The highest BCUT2D eigenvalue weighted by atomic mass is 19.1. The number of carbonyl (C=O) groups is 1. The number of nitrogens with one attached hydrogen (secondary N) is 1. The number of benzene rings is 2. The summed E-state index contributed by atoms with van der Waals surface area (Å²) in [5, 5.41) is 8.80. The van der Waals surface area contributed by atoms with Crippen LogP contribution in [-0.4, -0.2) is 11.1 Å². The molecule has 2 aromatic rings. The third-order valence-corrected chi connectivity index (χ3v) is 2.88. The standard InChI is InChI=1S/C17H14FN3O3/c18-13-7-3-11(4-8-13)1-2-12-5-9-14(10-6-12)24-16(21-20)15(19)17(22)23/h3-10,21H,19-20H2,(H,22,23)/b16-15+. The molecule has 0 saturated carbocycles. The minimum Gasteiger partial charge on any atom is -0.476 e. The fourth-order valence-corrected chi connectivity index (χ4v) is 1.66. The maximum atomic E-state index is 12.8. The van der Waals surface area contributed by atoms with Crippen LogP contribution in [-0.2, 0) is 4.79 Å². The van der Waals surface area contributed by atoms with Crippen LogP contribution in [0.2, 0.25) is 0 Å². The molecule has 0 aliphatic carbocycles. The molecule has 0 aromatic heterocycles. The van der Waals surface area contributed by atoms with Crippen LogP contribution in [0.3, 0.4) is 0 Å². The van der Waals surface area contributed by atoms with Crippen LogP contribution in [0.1, 0.15) is 11.1 Å². The highest BCUT2D eigenvalue weighted by Crippen LogP contribution is 2.14. The van der Waals surface area contributed by atoms with Gasteiger partial charge in [-0.05, 0) is 48.5 Å². The maximum absolute atomic E-state index is 12.8. The van der Waals surface area contributed by atoms with Gasteiger partial charge in [-0.3, -0.25) is 5.43 Å². The molecule has 0 radical (unpaired) electrons. The Morgan fingerprint density at radius 3 is 2.00 bits per heavy atom. The van der Waals surface area contributed by atoms with Crippen molar-refractivity contribution in [1.82, 2.24) is 5.43 Å². The van der Waals surface area contributed by atoms with Gasteiger partial charge in [0.05, 0.1) is 0 Å². The lowest BCUT2D eigenvalue weighted by molar-refractivity contribution is -0.132. The topological polar surface area (TPSA) is 111 Å². The SMILES string of the molecule is NN/C(Oc1ccc(C#Cc2ccc(F)cc2)cc1)=C(\N)C(=O)O. The van der Waals surface area contributed by atoms with Crippen LogP contribution in [0.5, 0.6) is 5.75 Å². The van der Waals surface area contributed by atoms with Gasteiger partial charge in [0.15, 0.2) is 5.70 Å². The predicted octanol–water partition coefficient (Wildman–Crippen LogP) is 1.28. The van der Waals surface area contributed by atoms with Gasteiger partial charge in [-0.15, -0.1) is 0 Å². The fraction of sp³-hybridized carbons (Fsp3) is 0. The van der Waals surface area contributed by atoms with Gasteiger partial charge in [-0.2, -0.15) is 0 Å². The van der Waals surface area contributed by atoms with Gasteiger partial charge >= 0.3 is 5.97 Å². The first-order valence-corrected chi connectivity index (χ1v) is 6.75. The third-order valence-electron chi connectivity index (χ3n) is 2.88. The van der Waals surface area contributed by atoms with Crippen LogP contribution in [0.15, 0.2) is 60.1 Å². The molecule has 0 saturated heterocycles. The first-order valence-electron chi connectivity index (χ1n) is 6.75. The number of hydrazine groups is 1. The van der Waals surface area contributed by atoms with E-state index >= 15 is 0 Å². The van der Waals surface area contributed by atoms with Gasteiger partial charge in [0.1, 0.15) is 11.6 Å². The number of rotatable bonds is 4. The third kappa shape index (κ3) is 4.50. The van der Waals surface area contributed by atoms with Crippen LogP contribution >= 0.6 is 0 Å². The smallest absolute Gasteiger partial charge is 0.357 e. The van der Waals surface area contributed by atoms with Crippen LogP contribution in [0.4, 0.5) is 4.39 Å². The van der Waals surface area contributed by atoms with E-state index in [-0.39, 0.29) is 11.7 Å². The maximum Gasteiger partial charge on any atom is 0.357 e. The molecule has 0 spiro atoms. The monoisotopic (exact) mass is 327 g/mol. The minimum absolute atomic E-state index is 0.271. The van der Waals surface area contributed by atoms with E-state index in [0.717, 1.165) is 0 Å². The van der Waals surface area contributed by atoms with Crippen LogP contribution in [0.25, 0.3) is 0 Å². The lowest BCUT2D eigenvalue weighted by atomic mass is 10.2. The summed E-state index contributed by atoms with van der Waals surface area (Å²) in [6, 6.07) is 12.4. The summed E-state index contributed by atoms with van der Waals surface area (Å²) < 4.78 is 18.1. The molecular weight excluding hydrogens is 313 g/mol. The van der Waals surface area contributed by atoms with Crippen molar-refractivity contribution in [3.8, 4) is 17.6 Å². The molecule has 6 nitrogen and oxygen atoms in total. The molecule has 24 heavy (non-hydrogen) atoms. The van der Waals surface area contributed by atoms with Crippen molar-refractivity contribution in [2.45, 2.75) is 0 Å². The molecule has 0 atom stereocenters. The van der Waals surface area contributed by atoms with Crippen molar-refractivity contribution < 1.29 is 19.0 Å². The normalized spacial score (nSPS) is 10.9. The molecule has 2 aromatic carbocycles. The Morgan fingerprint density at radius 1 is 1.04 bits per heavy atom. The van der Waals surface area contributed by atoms with Crippen molar-refractivity contribution in [3.05, 3.63) is 77.1 Å². The van der Waals surface area contributed by atoms with Crippen molar-refractivity contribution in [3.63, 3.8) is 0 Å². The van der Waals surface area contributed by atoms with E-state index in [1.165, 1.54) is 12.1 Å². The van der Waals surface area contributed by atoms with E-state index in [9.17, 15) is 9.18 Å². The van der Waals surface area contributed by atoms with E-state index in [4.69, 9.17) is 21.4 Å². The summed E-state index contributed by atoms with van der Waals surface area (Å²) in [6.45, 7) is 0. The Kier molecular flexibility index (Phi) is 5.39. The van der Waals surface area contributed by atoms with Gasteiger partial charge in [0, 0.05) is 11.1 Å². The van der Waals surface area contributed by atoms with Crippen LogP contribution < -0.4 is 21.7 Å². The number of carboxylic acid groups (broad SMARTS) is 1. The average Bonchev–Trinajstić information content (AvgIpc) is 2.59. The second kappa shape index (κ2) is 7.67. The number of hydrogen-bond donors (Lipinski definition) is 4. The van der Waals surface area contributed by atoms with Gasteiger partial charge in [-0.1, -0.05) is 11.8 Å². The van der Waals surface area contributed by atoms with Gasteiger partial charge in [0.25, 0.3) is 0 Å². The number of nitrogens with two attached hydrogens (primary N) is 2. The highest BCUT2D eigenvalue weighted by Gasteiger charge is 2.11. The Balaban J connectivity index is 2.12. The number of carboxylic acids is 1. The van der Waals surface area contributed by atoms with E-state index in [1.54, 1.807) is 36.4 Å². The molecule has 0 bridgehead atoms. The van der Waals surface area contributed by atoms with Crippen molar-refractivity contribution in [2.24, 2.45) is 11.6 Å². The average molecular weight is 327 g/mol. The number of hydrogen-bond acceptors (Lipinski definition) is 5. The second-order valence-electron chi connectivity index (χ2n) is 4.58. The fourth-order valence-electron chi connectivity index (χ4n) is 1.66. The molecular formula is C17H14FN3O3. The largest absolute Gasteiger partial charge is 0.476 e. The minimum atomic E-state index is -1.36. The predicted molar refractivity (Wildman–Crippen MR) is 85.6 cm³/mol. The van der Waals surface area contributed by atoms with Gasteiger partial charge < -0.3 is 15.6 Å². The summed E-state index contributed by atoms with van der Waals surface area (Å²) >= 11 is 0. The molecule has 0 unspecified atom stereocenters. The molecule has 0 heterocycles. The molecule has 6 N–H and O–H groups in total. The second-order valence-corrected chi connectivity index (χ2v) is 4.58. The van der Waals surface area contributed by atoms with E-state index < -0.39 is 11.7 Å². The number of ether oxygens (including phenoxy) is 1. The lowest BCUT2D eigenvalue weighted by Crippen LogP contribution is -2.31. The summed E-state index contributed by atoms with van der Waals surface area (Å²) in [7, 11) is 0. The highest BCUT2D eigenvalue weighted by molar-refractivity contribution is 5.85. The molecule has 0 fully saturated rings. The summed E-state index contributed by atoms with van der Waals surface area (Å²) in [5.41, 5.74) is 8.26. The quantitative estimate of drug-likeness (QED) is 0.221. The molecule has 0 aliphatic heterocycles. The van der Waals surface area contributed by atoms with Crippen LogP contribution in [0, 0.1) is 17.7 Å². The Bertz CT molecular complexity index is 819. The van der Waals surface area contributed by atoms with E-state index in [0.29, 0.717) is 16.9 Å².